The van der Waals surface area contributed by atoms with Gasteiger partial charge in [0.15, 0.2) is 5.16 Å². The second-order valence-corrected chi connectivity index (χ2v) is 12.2. The van der Waals surface area contributed by atoms with E-state index in [2.05, 4.69) is 22.4 Å². The van der Waals surface area contributed by atoms with Crippen LogP contribution < -0.4 is 5.43 Å². The van der Waals surface area contributed by atoms with Gasteiger partial charge in [0.2, 0.25) is 10.0 Å². The highest BCUT2D eigenvalue weighted by Crippen LogP contribution is 2.35. The third-order valence-electron chi connectivity index (χ3n) is 6.40. The average Bonchev–Trinajstić information content (AvgIpc) is 3.28. The van der Waals surface area contributed by atoms with E-state index in [-0.39, 0.29) is 28.0 Å². The molecule has 15 heteroatoms. The number of nitrogens with one attached hydrogen (secondary N) is 1. The Kier molecular flexibility index (Phi) is 8.32. The van der Waals surface area contributed by atoms with E-state index in [0.717, 1.165) is 17.8 Å². The molecule has 13 nitrogen and oxygen atoms in total. The van der Waals surface area contributed by atoms with Crippen molar-refractivity contribution in [2.45, 2.75) is 47.7 Å². The molecule has 0 spiro atoms. The first-order chi connectivity index (χ1) is 18.5. The van der Waals surface area contributed by atoms with E-state index in [1.807, 2.05) is 6.92 Å². The molecule has 1 aliphatic rings. The topological polar surface area (TPSA) is 166 Å². The first-order valence-corrected chi connectivity index (χ1v) is 14.3. The molecule has 0 saturated carbocycles. The van der Waals surface area contributed by atoms with Crippen LogP contribution in [0.25, 0.3) is 0 Å². The molecule has 2 atom stereocenters. The first-order valence-electron chi connectivity index (χ1n) is 12.0. The molecule has 206 valence electrons. The lowest BCUT2D eigenvalue weighted by Gasteiger charge is -2.35. The van der Waals surface area contributed by atoms with Crippen molar-refractivity contribution in [3.05, 3.63) is 74.6 Å². The van der Waals surface area contributed by atoms with Crippen molar-refractivity contribution in [1.29, 1.82) is 0 Å². The summed E-state index contributed by atoms with van der Waals surface area (Å²) in [5.41, 5.74) is 2.60. The number of hydrogen-bond acceptors (Lipinski definition) is 10. The highest BCUT2D eigenvalue weighted by molar-refractivity contribution is 7.99. The van der Waals surface area contributed by atoms with Crippen molar-refractivity contribution >= 4 is 45.1 Å². The van der Waals surface area contributed by atoms with Crippen molar-refractivity contribution in [1.82, 2.24) is 13.9 Å². The van der Waals surface area contributed by atoms with Crippen LogP contribution >= 0.6 is 11.8 Å². The molecule has 39 heavy (non-hydrogen) atoms. The molecule has 0 aliphatic carbocycles. The van der Waals surface area contributed by atoms with Gasteiger partial charge in [-0.25, -0.2) is 13.4 Å². The number of aromatic nitrogens is 2. The summed E-state index contributed by atoms with van der Waals surface area (Å²) >= 11 is 1.15. The van der Waals surface area contributed by atoms with Gasteiger partial charge in [-0.3, -0.25) is 25.7 Å². The van der Waals surface area contributed by atoms with E-state index in [0.29, 0.717) is 40.9 Å². The third kappa shape index (κ3) is 6.26. The van der Waals surface area contributed by atoms with Gasteiger partial charge in [-0.1, -0.05) is 13.0 Å². The van der Waals surface area contributed by atoms with Crippen LogP contribution in [-0.2, 0) is 17.1 Å². The van der Waals surface area contributed by atoms with Gasteiger partial charge in [0.05, 0.1) is 26.6 Å². The maximum Gasteiger partial charge on any atom is 0.283 e. The second kappa shape index (κ2) is 11.5. The number of hydrogen-bond donors (Lipinski definition) is 1. The number of imidazole rings is 1. The summed E-state index contributed by atoms with van der Waals surface area (Å²) < 4.78 is 30.3. The number of non-ortho nitro benzene ring substituents is 1. The van der Waals surface area contributed by atoms with Crippen LogP contribution in [-0.4, -0.2) is 50.9 Å². The molecule has 3 aromatic rings. The van der Waals surface area contributed by atoms with Crippen molar-refractivity contribution in [3.8, 4) is 0 Å². The molecule has 2 aromatic carbocycles. The fourth-order valence-corrected chi connectivity index (χ4v) is 7.08. The van der Waals surface area contributed by atoms with E-state index in [1.54, 1.807) is 36.1 Å². The smallest absolute Gasteiger partial charge is 0.283 e. The zero-order chi connectivity index (χ0) is 28.3. The standard InChI is InChI=1S/C24H27N7O6S2/c1-16-8-10-29(17(2)12-16)39(36,37)23-14-19(30(32)33)5-6-20(23)27-26-15-18-4-7-22(21(13-18)31(34)35)38-24-25-9-11-28(24)3/h4-7,9,11,13-17,27H,8,10,12H2,1-3H3/b26-15-/t16-,17+/m1/s1. The number of piperidine rings is 1. The van der Waals surface area contributed by atoms with Gasteiger partial charge in [0.1, 0.15) is 4.90 Å². The number of nitrogens with zero attached hydrogens (tertiary/aromatic N) is 6. The van der Waals surface area contributed by atoms with E-state index in [9.17, 15) is 28.6 Å². The number of sulfonamides is 1. The Morgan fingerprint density at radius 2 is 1.92 bits per heavy atom. The number of rotatable bonds is 9. The lowest BCUT2D eigenvalue weighted by molar-refractivity contribution is -0.387. The number of anilines is 1. The average molecular weight is 574 g/mol. The Balaban J connectivity index is 1.61. The Morgan fingerprint density at radius 1 is 1.15 bits per heavy atom. The van der Waals surface area contributed by atoms with Crippen LogP contribution in [0.1, 0.15) is 32.3 Å². The molecule has 0 unspecified atom stereocenters. The molecular weight excluding hydrogens is 546 g/mol. The number of aryl methyl sites for hydroxylation is 1. The van der Waals surface area contributed by atoms with Crippen molar-refractivity contribution in [3.63, 3.8) is 0 Å². The predicted octanol–water partition coefficient (Wildman–Crippen LogP) is 4.64. The normalized spacial score (nSPS) is 18.3. The van der Waals surface area contributed by atoms with Crippen LogP contribution in [0.2, 0.25) is 0 Å². The summed E-state index contributed by atoms with van der Waals surface area (Å²) in [5, 5.41) is 27.8. The number of nitro benzene ring substituents is 2. The number of benzene rings is 2. The Bertz CT molecular complexity index is 1540. The molecule has 4 rings (SSSR count). The highest BCUT2D eigenvalue weighted by Gasteiger charge is 2.35. The fraction of sp³-hybridized carbons (Fsp3) is 0.333. The molecule has 2 heterocycles. The van der Waals surface area contributed by atoms with Crippen LogP contribution in [0.3, 0.4) is 0 Å². The van der Waals surface area contributed by atoms with Gasteiger partial charge < -0.3 is 4.57 Å². The van der Waals surface area contributed by atoms with Gasteiger partial charge in [-0.2, -0.15) is 9.41 Å². The first kappa shape index (κ1) is 28.2. The zero-order valence-electron chi connectivity index (χ0n) is 21.4. The molecule has 0 bridgehead atoms. The van der Waals surface area contributed by atoms with Gasteiger partial charge in [0, 0.05) is 55.8 Å². The summed E-state index contributed by atoms with van der Waals surface area (Å²) in [4.78, 5) is 26.2. The van der Waals surface area contributed by atoms with Crippen molar-refractivity contribution in [2.24, 2.45) is 18.1 Å². The van der Waals surface area contributed by atoms with Gasteiger partial charge in [0.25, 0.3) is 11.4 Å². The molecule has 0 amide bonds. The maximum atomic E-state index is 13.6. The Morgan fingerprint density at radius 3 is 2.56 bits per heavy atom. The monoisotopic (exact) mass is 573 g/mol. The molecule has 1 aromatic heterocycles. The van der Waals surface area contributed by atoms with Gasteiger partial charge in [-0.05, 0) is 49.6 Å². The van der Waals surface area contributed by atoms with Crippen molar-refractivity contribution in [2.75, 3.05) is 12.0 Å². The number of hydrazone groups is 1. The lowest BCUT2D eigenvalue weighted by Crippen LogP contribution is -2.44. The minimum absolute atomic E-state index is 0.0547. The molecular formula is C24H27N7O6S2. The van der Waals surface area contributed by atoms with E-state index < -0.39 is 19.9 Å². The molecule has 1 fully saturated rings. The number of nitro groups is 2. The molecule has 1 saturated heterocycles. The van der Waals surface area contributed by atoms with E-state index in [4.69, 9.17) is 0 Å². The summed E-state index contributed by atoms with van der Waals surface area (Å²) in [6, 6.07) is 7.79. The minimum atomic E-state index is -4.08. The Hall–Kier alpha value is -3.82. The quantitative estimate of drug-likeness (QED) is 0.218. The van der Waals surface area contributed by atoms with E-state index >= 15 is 0 Å². The van der Waals surface area contributed by atoms with Crippen LogP contribution in [0.5, 0.6) is 0 Å². The van der Waals surface area contributed by atoms with Gasteiger partial charge >= 0.3 is 0 Å². The molecule has 1 N–H and O–H groups in total. The largest absolute Gasteiger partial charge is 0.329 e. The fourth-order valence-electron chi connectivity index (χ4n) is 4.37. The second-order valence-electron chi connectivity index (χ2n) is 9.31. The maximum absolute atomic E-state index is 13.6. The SMILES string of the molecule is C[C@@H]1CCN(S(=O)(=O)c2cc([N+](=O)[O-])ccc2N/N=C\c2ccc(Sc3nccn3C)c([N+](=O)[O-])c2)[C@@H](C)C1. The summed E-state index contributed by atoms with van der Waals surface area (Å²) in [5.74, 6) is 0.372. The minimum Gasteiger partial charge on any atom is -0.329 e. The summed E-state index contributed by atoms with van der Waals surface area (Å²) in [6.07, 6.45) is 6.01. The van der Waals surface area contributed by atoms with Gasteiger partial charge in [-0.15, -0.1) is 0 Å². The predicted molar refractivity (Wildman–Crippen MR) is 146 cm³/mol. The Labute approximate surface area is 229 Å². The zero-order valence-corrected chi connectivity index (χ0v) is 23.1. The van der Waals surface area contributed by atoms with Crippen LogP contribution in [0.4, 0.5) is 17.1 Å². The molecule has 0 radical (unpaired) electrons. The van der Waals surface area contributed by atoms with Crippen LogP contribution in [0, 0.1) is 26.1 Å². The van der Waals surface area contributed by atoms with Crippen LogP contribution in [0.15, 0.2) is 68.8 Å². The van der Waals surface area contributed by atoms with Crippen molar-refractivity contribution < 1.29 is 18.3 Å². The third-order valence-corrected chi connectivity index (χ3v) is 9.59. The summed E-state index contributed by atoms with van der Waals surface area (Å²) in [7, 11) is -2.29. The molecule has 1 aliphatic heterocycles. The lowest BCUT2D eigenvalue weighted by atomic mass is 9.95. The highest BCUT2D eigenvalue weighted by atomic mass is 32.2. The summed E-state index contributed by atoms with van der Waals surface area (Å²) in [6.45, 7) is 4.19. The van der Waals surface area contributed by atoms with E-state index in [1.165, 1.54) is 28.7 Å².